The zero-order valence-corrected chi connectivity index (χ0v) is 19.9. The SMILES string of the molecule is N[SH](=O)=O.O=C(c1c(F)c(-c2ccc(Cl)cc2)cc(C2CCNC2)c1F)c1c[nH]c2ncccc12. The van der Waals surface area contributed by atoms with Gasteiger partial charge in [-0.2, -0.15) is 0 Å². The Balaban J connectivity index is 0.000000672. The van der Waals surface area contributed by atoms with Crippen molar-refractivity contribution >= 4 is 39.3 Å². The maximum atomic E-state index is 15.7. The molecule has 0 bridgehead atoms. The second-order valence-electron chi connectivity index (χ2n) is 7.93. The Morgan fingerprint density at radius 3 is 2.51 bits per heavy atom. The molecule has 5 rings (SSSR count). The molecule has 11 heteroatoms. The van der Waals surface area contributed by atoms with Gasteiger partial charge in [0.2, 0.25) is 5.78 Å². The molecule has 0 aliphatic carbocycles. The Labute approximate surface area is 206 Å². The normalized spacial score (nSPS) is 15.3. The van der Waals surface area contributed by atoms with Crippen LogP contribution >= 0.6 is 11.6 Å². The number of pyridine rings is 1. The Morgan fingerprint density at radius 2 is 1.86 bits per heavy atom. The van der Waals surface area contributed by atoms with Crippen LogP contribution in [0.1, 0.15) is 33.8 Å². The zero-order chi connectivity index (χ0) is 25.1. The largest absolute Gasteiger partial charge is 0.345 e. The highest BCUT2D eigenvalue weighted by atomic mass is 35.5. The smallest absolute Gasteiger partial charge is 0.201 e. The molecule has 1 atom stereocenters. The molecule has 4 N–H and O–H groups in total. The second kappa shape index (κ2) is 10.6. The van der Waals surface area contributed by atoms with E-state index in [4.69, 9.17) is 20.0 Å². The van der Waals surface area contributed by atoms with Crippen LogP contribution in [0.4, 0.5) is 8.78 Å². The molecule has 2 aromatic heterocycles. The second-order valence-corrected chi connectivity index (χ2v) is 8.94. The van der Waals surface area contributed by atoms with Gasteiger partial charge < -0.3 is 10.3 Å². The zero-order valence-electron chi connectivity index (χ0n) is 18.2. The summed E-state index contributed by atoms with van der Waals surface area (Å²) in [6.07, 6.45) is 3.75. The molecule has 0 amide bonds. The van der Waals surface area contributed by atoms with Gasteiger partial charge in [0.15, 0.2) is 10.9 Å². The number of nitrogens with zero attached hydrogens (tertiary/aromatic N) is 1. The fraction of sp³-hybridized carbons (Fsp3) is 0.167. The van der Waals surface area contributed by atoms with Crippen LogP contribution in [0, 0.1) is 11.6 Å². The van der Waals surface area contributed by atoms with E-state index in [2.05, 4.69) is 20.4 Å². The minimum Gasteiger partial charge on any atom is -0.345 e. The number of ketones is 1. The van der Waals surface area contributed by atoms with Gasteiger partial charge in [-0.3, -0.25) is 4.79 Å². The maximum Gasteiger partial charge on any atom is 0.201 e. The summed E-state index contributed by atoms with van der Waals surface area (Å²) in [5.74, 6) is -2.52. The third-order valence-corrected chi connectivity index (χ3v) is 6.06. The molecule has 1 saturated heterocycles. The van der Waals surface area contributed by atoms with Crippen molar-refractivity contribution in [3.63, 3.8) is 0 Å². The van der Waals surface area contributed by atoms with Gasteiger partial charge in [0.05, 0.1) is 5.56 Å². The molecule has 0 saturated carbocycles. The number of halogens is 3. The van der Waals surface area contributed by atoms with Crippen LogP contribution in [0.15, 0.2) is 54.9 Å². The van der Waals surface area contributed by atoms with Crippen LogP contribution in [0.2, 0.25) is 5.02 Å². The molecule has 0 spiro atoms. The van der Waals surface area contributed by atoms with E-state index in [9.17, 15) is 4.79 Å². The van der Waals surface area contributed by atoms with Crippen molar-refractivity contribution in [2.24, 2.45) is 5.14 Å². The Hall–Kier alpha value is -3.18. The standard InChI is InChI=1S/C24H18ClF2N3O.H3NO2S/c25-15-5-3-13(4-6-15)17-10-18(14-7-9-28-11-14)22(27)20(21(17)26)23(31)19-12-30-24-16(19)2-1-8-29-24;1-4(2)3/h1-6,8,10,12,14,28H,7,9,11H2,(H,29,30);4H,(H2,1,2,3). The first-order valence-corrected chi connectivity index (χ1v) is 12.2. The number of benzene rings is 2. The van der Waals surface area contributed by atoms with Crippen LogP contribution in [0.25, 0.3) is 22.2 Å². The molecule has 4 aromatic rings. The summed E-state index contributed by atoms with van der Waals surface area (Å²) in [5, 5.41) is 8.30. The number of rotatable bonds is 4. The first kappa shape index (κ1) is 24.9. The lowest BCUT2D eigenvalue weighted by Crippen LogP contribution is -2.15. The van der Waals surface area contributed by atoms with E-state index in [1.807, 2.05) is 0 Å². The molecule has 0 radical (unpaired) electrons. The lowest BCUT2D eigenvalue weighted by atomic mass is 9.88. The fourth-order valence-electron chi connectivity index (χ4n) is 4.19. The summed E-state index contributed by atoms with van der Waals surface area (Å²) in [7, 11) is -2.62. The van der Waals surface area contributed by atoms with E-state index in [0.717, 1.165) is 6.54 Å². The average molecular weight is 519 g/mol. The van der Waals surface area contributed by atoms with Crippen molar-refractivity contribution < 1.29 is 22.0 Å². The number of thiol groups is 1. The van der Waals surface area contributed by atoms with Crippen LogP contribution in [-0.4, -0.2) is 37.3 Å². The van der Waals surface area contributed by atoms with Crippen LogP contribution in [0.5, 0.6) is 0 Å². The molecule has 182 valence electrons. The molecule has 1 fully saturated rings. The predicted octanol–water partition coefficient (Wildman–Crippen LogP) is 3.94. The van der Waals surface area contributed by atoms with Crippen molar-refractivity contribution in [2.75, 3.05) is 13.1 Å². The number of carbonyl (C=O) groups is 1. The lowest BCUT2D eigenvalue weighted by molar-refractivity contribution is 0.103. The fourth-order valence-corrected chi connectivity index (χ4v) is 4.32. The monoisotopic (exact) mass is 518 g/mol. The molecule has 1 aliphatic rings. The third kappa shape index (κ3) is 5.25. The van der Waals surface area contributed by atoms with Crippen molar-refractivity contribution in [1.29, 1.82) is 0 Å². The Morgan fingerprint density at radius 1 is 1.14 bits per heavy atom. The molecule has 1 aliphatic heterocycles. The number of nitrogens with one attached hydrogen (secondary N) is 2. The summed E-state index contributed by atoms with van der Waals surface area (Å²) >= 11 is 5.98. The van der Waals surface area contributed by atoms with Crippen LogP contribution in [-0.2, 0) is 10.9 Å². The summed E-state index contributed by atoms with van der Waals surface area (Å²) in [5.41, 5.74) is 1.19. The minimum absolute atomic E-state index is 0.136. The van der Waals surface area contributed by atoms with E-state index in [1.165, 1.54) is 12.3 Å². The summed E-state index contributed by atoms with van der Waals surface area (Å²) in [6.45, 7) is 1.32. The van der Waals surface area contributed by atoms with E-state index < -0.39 is 33.9 Å². The van der Waals surface area contributed by atoms with Gasteiger partial charge in [0.25, 0.3) is 0 Å². The molecule has 35 heavy (non-hydrogen) atoms. The minimum atomic E-state index is -2.62. The molecule has 3 heterocycles. The van der Waals surface area contributed by atoms with E-state index in [1.54, 1.807) is 42.6 Å². The lowest BCUT2D eigenvalue weighted by Gasteiger charge is -2.17. The number of carbonyl (C=O) groups excluding carboxylic acids is 1. The van der Waals surface area contributed by atoms with Gasteiger partial charge in [-0.25, -0.2) is 27.3 Å². The van der Waals surface area contributed by atoms with Crippen molar-refractivity contribution in [3.8, 4) is 11.1 Å². The van der Waals surface area contributed by atoms with Crippen LogP contribution < -0.4 is 10.5 Å². The predicted molar refractivity (Wildman–Crippen MR) is 131 cm³/mol. The number of aromatic amines is 1. The summed E-state index contributed by atoms with van der Waals surface area (Å²) in [6, 6.07) is 11.5. The van der Waals surface area contributed by atoms with Crippen molar-refractivity contribution in [1.82, 2.24) is 15.3 Å². The quantitative estimate of drug-likeness (QED) is 0.241. The third-order valence-electron chi connectivity index (χ3n) is 5.81. The van der Waals surface area contributed by atoms with E-state index in [-0.39, 0.29) is 17.0 Å². The maximum absolute atomic E-state index is 15.7. The van der Waals surface area contributed by atoms with Gasteiger partial charge in [-0.1, -0.05) is 23.7 Å². The number of aromatic nitrogens is 2. The highest BCUT2D eigenvalue weighted by Crippen LogP contribution is 2.36. The van der Waals surface area contributed by atoms with Gasteiger partial charge >= 0.3 is 0 Å². The first-order chi connectivity index (χ1) is 16.8. The summed E-state index contributed by atoms with van der Waals surface area (Å²) < 4.78 is 49.0. The van der Waals surface area contributed by atoms with Gasteiger partial charge in [-0.15, -0.1) is 0 Å². The van der Waals surface area contributed by atoms with Crippen LogP contribution in [0.3, 0.4) is 0 Å². The number of nitrogens with two attached hydrogens (primary N) is 1. The molecular weight excluding hydrogens is 498 g/mol. The molecular formula is C24H21ClF2N4O3S. The van der Waals surface area contributed by atoms with E-state index in [0.29, 0.717) is 40.1 Å². The topological polar surface area (TPSA) is 118 Å². The number of H-pyrrole nitrogens is 1. The summed E-state index contributed by atoms with van der Waals surface area (Å²) in [4.78, 5) is 20.5. The average Bonchev–Trinajstić information content (AvgIpc) is 3.50. The Bertz CT molecular complexity index is 1460. The molecule has 7 nitrogen and oxygen atoms in total. The van der Waals surface area contributed by atoms with Crippen molar-refractivity contribution in [2.45, 2.75) is 12.3 Å². The number of hydrogen-bond acceptors (Lipinski definition) is 5. The number of fused-ring (bicyclic) bond motifs is 1. The number of hydrogen-bond donors (Lipinski definition) is 4. The van der Waals surface area contributed by atoms with Gasteiger partial charge in [-0.05, 0) is 54.4 Å². The van der Waals surface area contributed by atoms with Gasteiger partial charge in [0, 0.05) is 46.4 Å². The first-order valence-electron chi connectivity index (χ1n) is 10.6. The molecule has 2 aromatic carbocycles. The van der Waals surface area contributed by atoms with Gasteiger partial charge in [0.1, 0.15) is 17.3 Å². The highest BCUT2D eigenvalue weighted by molar-refractivity contribution is 7.69. The van der Waals surface area contributed by atoms with E-state index >= 15 is 8.78 Å². The molecule has 1 unspecified atom stereocenters. The van der Waals surface area contributed by atoms with Crippen molar-refractivity contribution in [3.05, 3.63) is 88.2 Å². The highest BCUT2D eigenvalue weighted by Gasteiger charge is 2.30. The Kier molecular flexibility index (Phi) is 7.56.